The molecule has 1 aliphatic carbocycles. The maximum absolute atomic E-state index is 4.88. The molecule has 0 bridgehead atoms. The first-order valence-electron chi connectivity index (χ1n) is 7.97. The van der Waals surface area contributed by atoms with Crippen molar-refractivity contribution in [3.05, 3.63) is 35.9 Å². The Hall–Kier alpha value is -1.35. The fourth-order valence-electron chi connectivity index (χ4n) is 3.63. The number of fused-ring (bicyclic) bond motifs is 1. The third-order valence-corrected chi connectivity index (χ3v) is 4.86. The Morgan fingerprint density at radius 2 is 2.15 bits per heavy atom. The van der Waals surface area contributed by atoms with E-state index in [0.29, 0.717) is 5.92 Å². The van der Waals surface area contributed by atoms with Crippen molar-refractivity contribution < 1.29 is 0 Å². The molecule has 2 aromatic heterocycles. The molecular weight excluding hydrogens is 246 g/mol. The average Bonchev–Trinajstić information content (AvgIpc) is 3.22. The van der Waals surface area contributed by atoms with Crippen LogP contribution in [0.5, 0.6) is 0 Å². The largest absolute Gasteiger partial charge is 0.304 e. The Bertz CT molecular complexity index is 612. The van der Waals surface area contributed by atoms with E-state index in [2.05, 4.69) is 40.6 Å². The number of pyridine rings is 1. The van der Waals surface area contributed by atoms with E-state index in [4.69, 9.17) is 4.98 Å². The second kappa shape index (κ2) is 4.88. The van der Waals surface area contributed by atoms with Gasteiger partial charge in [0.15, 0.2) is 0 Å². The minimum Gasteiger partial charge on any atom is -0.304 e. The summed E-state index contributed by atoms with van der Waals surface area (Å²) in [5.41, 5.74) is 2.63. The van der Waals surface area contributed by atoms with Crippen molar-refractivity contribution in [2.24, 2.45) is 5.92 Å². The van der Waals surface area contributed by atoms with E-state index in [1.165, 1.54) is 56.5 Å². The van der Waals surface area contributed by atoms with E-state index in [1.807, 2.05) is 0 Å². The van der Waals surface area contributed by atoms with Crippen LogP contribution in [0.2, 0.25) is 0 Å². The first-order chi connectivity index (χ1) is 9.81. The molecule has 0 radical (unpaired) electrons. The molecule has 1 saturated heterocycles. The monoisotopic (exact) mass is 269 g/mol. The van der Waals surface area contributed by atoms with Gasteiger partial charge in [0.1, 0.15) is 5.82 Å². The van der Waals surface area contributed by atoms with Gasteiger partial charge >= 0.3 is 0 Å². The summed E-state index contributed by atoms with van der Waals surface area (Å²) in [6, 6.07) is 6.44. The highest BCUT2D eigenvalue weighted by Gasteiger charge is 2.29. The number of rotatable bonds is 3. The van der Waals surface area contributed by atoms with Gasteiger partial charge in [0, 0.05) is 25.2 Å². The summed E-state index contributed by atoms with van der Waals surface area (Å²) >= 11 is 0. The van der Waals surface area contributed by atoms with Crippen molar-refractivity contribution in [1.29, 1.82) is 0 Å². The zero-order valence-electron chi connectivity index (χ0n) is 12.3. The maximum atomic E-state index is 4.88. The smallest absolute Gasteiger partial charge is 0.110 e. The molecule has 3 heteroatoms. The fourth-order valence-corrected chi connectivity index (χ4v) is 3.63. The first kappa shape index (κ1) is 12.4. The van der Waals surface area contributed by atoms with Crippen LogP contribution in [-0.2, 0) is 0 Å². The van der Waals surface area contributed by atoms with Crippen molar-refractivity contribution in [3.8, 4) is 0 Å². The van der Waals surface area contributed by atoms with Crippen LogP contribution in [0.3, 0.4) is 0 Å². The zero-order chi connectivity index (χ0) is 13.5. The van der Waals surface area contributed by atoms with Gasteiger partial charge in [0.05, 0.1) is 11.2 Å². The number of aryl methyl sites for hydroxylation is 1. The maximum Gasteiger partial charge on any atom is 0.110 e. The molecule has 106 valence electrons. The third-order valence-electron chi connectivity index (χ3n) is 4.86. The molecule has 4 rings (SSSR count). The van der Waals surface area contributed by atoms with Gasteiger partial charge in [-0.05, 0) is 57.2 Å². The van der Waals surface area contributed by atoms with Crippen LogP contribution in [0.15, 0.2) is 24.4 Å². The van der Waals surface area contributed by atoms with E-state index in [1.54, 1.807) is 0 Å². The van der Waals surface area contributed by atoms with E-state index in [9.17, 15) is 0 Å². The van der Waals surface area contributed by atoms with Gasteiger partial charge in [-0.15, -0.1) is 0 Å². The van der Waals surface area contributed by atoms with Crippen molar-refractivity contribution in [1.82, 2.24) is 14.3 Å². The van der Waals surface area contributed by atoms with Gasteiger partial charge in [0.2, 0.25) is 0 Å². The summed E-state index contributed by atoms with van der Waals surface area (Å²) in [7, 11) is 0. The van der Waals surface area contributed by atoms with Crippen LogP contribution in [0.4, 0.5) is 0 Å². The Kier molecular flexibility index (Phi) is 3.03. The zero-order valence-corrected chi connectivity index (χ0v) is 12.3. The Morgan fingerprint density at radius 1 is 1.25 bits per heavy atom. The van der Waals surface area contributed by atoms with Crippen LogP contribution in [0.1, 0.15) is 43.1 Å². The molecule has 0 aromatic carbocycles. The number of aromatic nitrogens is 2. The number of imidazole rings is 1. The van der Waals surface area contributed by atoms with E-state index in [0.717, 1.165) is 11.7 Å². The van der Waals surface area contributed by atoms with Crippen molar-refractivity contribution in [3.63, 3.8) is 0 Å². The normalized spacial score (nSPS) is 24.4. The predicted octanol–water partition coefficient (Wildman–Crippen LogP) is 3.23. The van der Waals surface area contributed by atoms with Crippen LogP contribution in [-0.4, -0.2) is 33.9 Å². The molecule has 2 aromatic rings. The SMILES string of the molecule is Cc1nc([C@@H]2CCCN(CC3CC3)C2)c2ccccn12. The minimum atomic E-state index is 0.619. The highest BCUT2D eigenvalue weighted by atomic mass is 15.1. The second-order valence-electron chi connectivity index (χ2n) is 6.54. The van der Waals surface area contributed by atoms with Gasteiger partial charge in [0.25, 0.3) is 0 Å². The van der Waals surface area contributed by atoms with Gasteiger partial charge in [-0.3, -0.25) is 0 Å². The predicted molar refractivity (Wildman–Crippen MR) is 81.1 cm³/mol. The van der Waals surface area contributed by atoms with Crippen molar-refractivity contribution in [2.75, 3.05) is 19.6 Å². The second-order valence-corrected chi connectivity index (χ2v) is 6.54. The summed E-state index contributed by atoms with van der Waals surface area (Å²) in [4.78, 5) is 7.55. The molecule has 0 unspecified atom stereocenters. The molecule has 1 saturated carbocycles. The molecule has 3 heterocycles. The summed E-state index contributed by atoms with van der Waals surface area (Å²) in [5.74, 6) is 2.73. The Labute approximate surface area is 120 Å². The minimum absolute atomic E-state index is 0.619. The Balaban J connectivity index is 1.61. The van der Waals surface area contributed by atoms with E-state index >= 15 is 0 Å². The highest BCUT2D eigenvalue weighted by molar-refractivity contribution is 5.54. The third kappa shape index (κ3) is 2.24. The van der Waals surface area contributed by atoms with Crippen LogP contribution < -0.4 is 0 Å². The molecule has 0 N–H and O–H groups in total. The molecule has 0 amide bonds. The number of hydrogen-bond donors (Lipinski definition) is 0. The lowest BCUT2D eigenvalue weighted by atomic mass is 9.94. The topological polar surface area (TPSA) is 20.5 Å². The lowest BCUT2D eigenvalue weighted by molar-refractivity contribution is 0.199. The number of piperidine rings is 1. The number of nitrogens with zero attached hydrogens (tertiary/aromatic N) is 3. The van der Waals surface area contributed by atoms with Crippen molar-refractivity contribution >= 4 is 5.52 Å². The summed E-state index contributed by atoms with van der Waals surface area (Å²) in [6.07, 6.45) is 7.65. The van der Waals surface area contributed by atoms with Crippen LogP contribution >= 0.6 is 0 Å². The quantitative estimate of drug-likeness (QED) is 0.852. The first-order valence-corrected chi connectivity index (χ1v) is 7.97. The van der Waals surface area contributed by atoms with E-state index in [-0.39, 0.29) is 0 Å². The standard InChI is InChI=1S/C17H23N3/c1-13-18-17(16-6-2-3-10-20(13)16)15-5-4-9-19(12-15)11-14-7-8-14/h2-3,6,10,14-15H,4-5,7-9,11-12H2,1H3/t15-/m1/s1. The lowest BCUT2D eigenvalue weighted by Crippen LogP contribution is -2.35. The Morgan fingerprint density at radius 3 is 3.00 bits per heavy atom. The van der Waals surface area contributed by atoms with Gasteiger partial charge in [-0.2, -0.15) is 0 Å². The van der Waals surface area contributed by atoms with Gasteiger partial charge < -0.3 is 9.30 Å². The lowest BCUT2D eigenvalue weighted by Gasteiger charge is -2.32. The van der Waals surface area contributed by atoms with Crippen LogP contribution in [0, 0.1) is 12.8 Å². The number of hydrogen-bond acceptors (Lipinski definition) is 2. The summed E-state index contributed by atoms with van der Waals surface area (Å²) in [6.45, 7) is 5.93. The van der Waals surface area contributed by atoms with Gasteiger partial charge in [-0.25, -0.2) is 4.98 Å². The van der Waals surface area contributed by atoms with Crippen LogP contribution in [0.25, 0.3) is 5.52 Å². The molecule has 3 nitrogen and oxygen atoms in total. The molecule has 2 aliphatic rings. The molecule has 20 heavy (non-hydrogen) atoms. The van der Waals surface area contributed by atoms with E-state index < -0.39 is 0 Å². The molecule has 0 spiro atoms. The van der Waals surface area contributed by atoms with Crippen molar-refractivity contribution in [2.45, 2.75) is 38.5 Å². The molecule has 1 atom stereocenters. The average molecular weight is 269 g/mol. The molecule has 2 fully saturated rings. The summed E-state index contributed by atoms with van der Waals surface area (Å²) in [5, 5.41) is 0. The summed E-state index contributed by atoms with van der Waals surface area (Å²) < 4.78 is 2.23. The number of likely N-dealkylation sites (tertiary alicyclic amines) is 1. The molecule has 1 aliphatic heterocycles. The van der Waals surface area contributed by atoms with Gasteiger partial charge in [-0.1, -0.05) is 6.07 Å². The highest BCUT2D eigenvalue weighted by Crippen LogP contribution is 2.34. The fraction of sp³-hybridized carbons (Fsp3) is 0.588. The molecular formula is C17H23N3.